The lowest BCUT2D eigenvalue weighted by molar-refractivity contribution is 0.0957. The first-order valence-electron chi connectivity index (χ1n) is 9.75. The van der Waals surface area contributed by atoms with Crippen LogP contribution < -0.4 is 10.0 Å². The number of amides is 1. The zero-order valence-electron chi connectivity index (χ0n) is 17.3. The van der Waals surface area contributed by atoms with Crippen LogP contribution in [0.15, 0.2) is 71.6 Å². The SMILES string of the molecule is Cc1ccc(S(=O)(=O)Nc2ccccc2C(=O)NCCSCc2c(Cl)cccc2Cl)cc1. The molecule has 3 aromatic rings. The molecular weight excluding hydrogens is 487 g/mol. The zero-order chi connectivity index (χ0) is 23.1. The van der Waals surface area contributed by atoms with E-state index in [0.717, 1.165) is 11.1 Å². The standard InChI is InChI=1S/C23H22Cl2N2O3S2/c1-16-9-11-17(12-10-16)32(29,30)27-22-8-3-2-5-18(22)23(28)26-13-14-31-15-19-20(24)6-4-7-21(19)25/h2-12,27H,13-15H2,1H3,(H,26,28). The molecule has 0 aliphatic carbocycles. The van der Waals surface area contributed by atoms with Crippen LogP contribution in [-0.4, -0.2) is 26.6 Å². The topological polar surface area (TPSA) is 75.3 Å². The van der Waals surface area contributed by atoms with Gasteiger partial charge in [-0.2, -0.15) is 11.8 Å². The molecule has 3 aromatic carbocycles. The number of nitrogens with one attached hydrogen (secondary N) is 2. The molecule has 0 heterocycles. The number of carbonyl (C=O) groups is 1. The van der Waals surface area contributed by atoms with Crippen LogP contribution in [0.5, 0.6) is 0 Å². The predicted molar refractivity (Wildman–Crippen MR) is 133 cm³/mol. The molecule has 0 unspecified atom stereocenters. The molecule has 0 atom stereocenters. The highest BCUT2D eigenvalue weighted by molar-refractivity contribution is 7.98. The summed E-state index contributed by atoms with van der Waals surface area (Å²) in [5.41, 5.74) is 2.30. The van der Waals surface area contributed by atoms with Crippen molar-refractivity contribution < 1.29 is 13.2 Å². The van der Waals surface area contributed by atoms with Crippen molar-refractivity contribution in [3.63, 3.8) is 0 Å². The van der Waals surface area contributed by atoms with Gasteiger partial charge < -0.3 is 5.32 Å². The summed E-state index contributed by atoms with van der Waals surface area (Å²) >= 11 is 13.9. The number of para-hydroxylation sites is 1. The molecule has 0 aromatic heterocycles. The number of rotatable bonds is 9. The molecule has 0 aliphatic rings. The lowest BCUT2D eigenvalue weighted by atomic mass is 10.2. The Morgan fingerprint density at radius 2 is 1.59 bits per heavy atom. The van der Waals surface area contributed by atoms with Crippen LogP contribution in [0.3, 0.4) is 0 Å². The fourth-order valence-corrected chi connectivity index (χ4v) is 5.54. The Morgan fingerprint density at radius 3 is 2.28 bits per heavy atom. The lowest BCUT2D eigenvalue weighted by Gasteiger charge is -2.13. The summed E-state index contributed by atoms with van der Waals surface area (Å²) in [6, 6.07) is 18.4. The van der Waals surface area contributed by atoms with Gasteiger partial charge in [0, 0.05) is 28.1 Å². The number of hydrogen-bond acceptors (Lipinski definition) is 4. The van der Waals surface area contributed by atoms with Crippen LogP contribution in [0, 0.1) is 6.92 Å². The third kappa shape index (κ3) is 6.42. The second-order valence-electron chi connectivity index (χ2n) is 6.97. The average Bonchev–Trinajstić information content (AvgIpc) is 2.75. The van der Waals surface area contributed by atoms with Gasteiger partial charge in [-0.3, -0.25) is 9.52 Å². The van der Waals surface area contributed by atoms with Gasteiger partial charge in [0.05, 0.1) is 16.1 Å². The summed E-state index contributed by atoms with van der Waals surface area (Å²) in [6.45, 7) is 2.29. The molecule has 32 heavy (non-hydrogen) atoms. The van der Waals surface area contributed by atoms with Gasteiger partial charge in [0.1, 0.15) is 0 Å². The van der Waals surface area contributed by atoms with E-state index < -0.39 is 10.0 Å². The third-order valence-electron chi connectivity index (χ3n) is 4.59. The largest absolute Gasteiger partial charge is 0.351 e. The predicted octanol–water partition coefficient (Wildman–Crippen LogP) is 5.77. The van der Waals surface area contributed by atoms with Gasteiger partial charge in [0.15, 0.2) is 0 Å². The van der Waals surface area contributed by atoms with Crippen molar-refractivity contribution in [3.05, 3.63) is 93.5 Å². The molecule has 5 nitrogen and oxygen atoms in total. The van der Waals surface area contributed by atoms with E-state index in [-0.39, 0.29) is 22.1 Å². The van der Waals surface area contributed by atoms with Crippen molar-refractivity contribution in [3.8, 4) is 0 Å². The first-order chi connectivity index (χ1) is 15.3. The van der Waals surface area contributed by atoms with E-state index in [0.29, 0.717) is 28.1 Å². The summed E-state index contributed by atoms with van der Waals surface area (Å²) in [4.78, 5) is 12.8. The van der Waals surface area contributed by atoms with E-state index in [1.54, 1.807) is 66.4 Å². The number of anilines is 1. The van der Waals surface area contributed by atoms with Crippen LogP contribution in [-0.2, 0) is 15.8 Å². The van der Waals surface area contributed by atoms with Crippen LogP contribution in [0.2, 0.25) is 10.0 Å². The van der Waals surface area contributed by atoms with Crippen molar-refractivity contribution in [2.24, 2.45) is 0 Å². The molecule has 0 radical (unpaired) electrons. The maximum atomic E-state index is 12.7. The quantitative estimate of drug-likeness (QED) is 0.360. The van der Waals surface area contributed by atoms with Crippen molar-refractivity contribution in [1.82, 2.24) is 5.32 Å². The minimum absolute atomic E-state index is 0.132. The Morgan fingerprint density at radius 1 is 0.938 bits per heavy atom. The highest BCUT2D eigenvalue weighted by Crippen LogP contribution is 2.28. The molecule has 0 fully saturated rings. The van der Waals surface area contributed by atoms with E-state index in [9.17, 15) is 13.2 Å². The first kappa shape index (κ1) is 24.5. The van der Waals surface area contributed by atoms with Gasteiger partial charge in [0.25, 0.3) is 15.9 Å². The van der Waals surface area contributed by atoms with Gasteiger partial charge in [0.2, 0.25) is 0 Å². The molecular formula is C23H22Cl2N2O3S2. The second-order valence-corrected chi connectivity index (χ2v) is 10.6. The van der Waals surface area contributed by atoms with E-state index in [4.69, 9.17) is 23.2 Å². The highest BCUT2D eigenvalue weighted by atomic mass is 35.5. The molecule has 0 spiro atoms. The summed E-state index contributed by atoms with van der Waals surface area (Å²) in [7, 11) is -3.81. The molecule has 0 aliphatic heterocycles. The van der Waals surface area contributed by atoms with Crippen LogP contribution in [0.25, 0.3) is 0 Å². The van der Waals surface area contributed by atoms with Crippen molar-refractivity contribution >= 4 is 56.6 Å². The smallest absolute Gasteiger partial charge is 0.261 e. The third-order valence-corrected chi connectivity index (χ3v) is 7.66. The number of halogens is 2. The zero-order valence-corrected chi connectivity index (χ0v) is 20.4. The Balaban J connectivity index is 1.59. The number of benzene rings is 3. The van der Waals surface area contributed by atoms with Gasteiger partial charge >= 0.3 is 0 Å². The van der Waals surface area contributed by atoms with E-state index in [1.165, 1.54) is 12.1 Å². The number of hydrogen-bond donors (Lipinski definition) is 2. The summed E-state index contributed by atoms with van der Waals surface area (Å²) in [6.07, 6.45) is 0. The molecule has 0 saturated carbocycles. The van der Waals surface area contributed by atoms with Gasteiger partial charge in [-0.15, -0.1) is 0 Å². The van der Waals surface area contributed by atoms with E-state index >= 15 is 0 Å². The number of sulfonamides is 1. The van der Waals surface area contributed by atoms with Crippen LogP contribution in [0.4, 0.5) is 5.69 Å². The van der Waals surface area contributed by atoms with E-state index in [1.807, 2.05) is 6.92 Å². The van der Waals surface area contributed by atoms with Crippen LogP contribution in [0.1, 0.15) is 21.5 Å². The molecule has 0 saturated heterocycles. The minimum atomic E-state index is -3.81. The minimum Gasteiger partial charge on any atom is -0.351 e. The maximum absolute atomic E-state index is 12.7. The highest BCUT2D eigenvalue weighted by Gasteiger charge is 2.18. The number of thioether (sulfide) groups is 1. The normalized spacial score (nSPS) is 11.2. The Labute approximate surface area is 202 Å². The lowest BCUT2D eigenvalue weighted by Crippen LogP contribution is -2.27. The van der Waals surface area contributed by atoms with Crippen molar-refractivity contribution in [2.75, 3.05) is 17.0 Å². The summed E-state index contributed by atoms with van der Waals surface area (Å²) < 4.78 is 27.9. The summed E-state index contributed by atoms with van der Waals surface area (Å²) in [5, 5.41) is 4.06. The monoisotopic (exact) mass is 508 g/mol. The maximum Gasteiger partial charge on any atom is 0.261 e. The van der Waals surface area contributed by atoms with Gasteiger partial charge in [-0.25, -0.2) is 8.42 Å². The molecule has 1 amide bonds. The molecule has 3 rings (SSSR count). The molecule has 168 valence electrons. The first-order valence-corrected chi connectivity index (χ1v) is 13.1. The Bertz CT molecular complexity index is 1180. The number of aryl methyl sites for hydroxylation is 1. The van der Waals surface area contributed by atoms with Gasteiger partial charge in [-0.05, 0) is 48.9 Å². The summed E-state index contributed by atoms with van der Waals surface area (Å²) in [5.74, 6) is 0.912. The Kier molecular flexibility index (Phi) is 8.48. The molecule has 2 N–H and O–H groups in total. The van der Waals surface area contributed by atoms with Crippen molar-refractivity contribution in [2.45, 2.75) is 17.6 Å². The molecule has 9 heteroatoms. The van der Waals surface area contributed by atoms with Crippen LogP contribution >= 0.6 is 35.0 Å². The van der Waals surface area contributed by atoms with Crippen molar-refractivity contribution in [1.29, 1.82) is 0 Å². The van der Waals surface area contributed by atoms with Gasteiger partial charge in [-0.1, -0.05) is 59.1 Å². The number of carbonyl (C=O) groups excluding carboxylic acids is 1. The average molecular weight is 509 g/mol. The fraction of sp³-hybridized carbons (Fsp3) is 0.174. The molecule has 0 bridgehead atoms. The Hall–Kier alpha value is -2.19. The van der Waals surface area contributed by atoms with E-state index in [2.05, 4.69) is 10.0 Å². The fourth-order valence-electron chi connectivity index (χ4n) is 2.87. The second kappa shape index (κ2) is 11.1.